The third-order valence-electron chi connectivity index (χ3n) is 2.29. The van der Waals surface area contributed by atoms with Crippen LogP contribution in [0.3, 0.4) is 0 Å². The van der Waals surface area contributed by atoms with Gasteiger partial charge in [-0.25, -0.2) is 14.2 Å². The zero-order chi connectivity index (χ0) is 14.3. The normalized spacial score (nSPS) is 10.7. The zero-order valence-corrected chi connectivity index (χ0v) is 11.1. The molecule has 0 aromatic carbocycles. The molecule has 106 valence electrons. The summed E-state index contributed by atoms with van der Waals surface area (Å²) in [6.45, 7) is 5.96. The lowest BCUT2D eigenvalue weighted by Crippen LogP contribution is -2.12. The average molecular weight is 270 g/mol. The minimum Gasteiger partial charge on any atom is -0.478 e. The maximum Gasteiger partial charge on any atom is 0.339 e. The molecule has 0 saturated carbocycles. The van der Waals surface area contributed by atoms with Gasteiger partial charge in [0.25, 0.3) is 0 Å². The standard InChI is InChI=1S/C13H19FN2O3/c1-9(2)8-19-5-3-4-15-12-11(13(17)18)6-10(14)7-16-12/h6-7,9H,3-5,8H2,1-2H3,(H,15,16)(H,17,18). The van der Waals surface area contributed by atoms with E-state index in [9.17, 15) is 9.18 Å². The van der Waals surface area contributed by atoms with Crippen LogP contribution in [0.5, 0.6) is 0 Å². The molecule has 6 heteroatoms. The average Bonchev–Trinajstić information content (AvgIpc) is 2.34. The first-order valence-corrected chi connectivity index (χ1v) is 6.21. The highest BCUT2D eigenvalue weighted by molar-refractivity contribution is 5.93. The van der Waals surface area contributed by atoms with E-state index in [-0.39, 0.29) is 11.4 Å². The molecule has 5 nitrogen and oxygen atoms in total. The molecule has 1 aromatic heterocycles. The van der Waals surface area contributed by atoms with Crippen molar-refractivity contribution >= 4 is 11.8 Å². The first kappa shape index (κ1) is 15.4. The summed E-state index contributed by atoms with van der Waals surface area (Å²) in [5.41, 5.74) is -0.164. The number of anilines is 1. The van der Waals surface area contributed by atoms with Gasteiger partial charge in [0.05, 0.1) is 6.20 Å². The van der Waals surface area contributed by atoms with E-state index in [0.717, 1.165) is 18.7 Å². The monoisotopic (exact) mass is 270 g/mol. The summed E-state index contributed by atoms with van der Waals surface area (Å²) >= 11 is 0. The number of carboxylic acids is 1. The van der Waals surface area contributed by atoms with Crippen LogP contribution in [0, 0.1) is 11.7 Å². The Bertz CT molecular complexity index is 424. The van der Waals surface area contributed by atoms with Gasteiger partial charge >= 0.3 is 5.97 Å². The van der Waals surface area contributed by atoms with Crippen LogP contribution in [0.25, 0.3) is 0 Å². The Balaban J connectivity index is 2.39. The van der Waals surface area contributed by atoms with Gasteiger partial charge in [-0.15, -0.1) is 0 Å². The van der Waals surface area contributed by atoms with Gasteiger partial charge in [-0.2, -0.15) is 0 Å². The van der Waals surface area contributed by atoms with Crippen molar-refractivity contribution in [3.05, 3.63) is 23.6 Å². The number of aromatic carboxylic acids is 1. The van der Waals surface area contributed by atoms with Crippen LogP contribution in [0.2, 0.25) is 0 Å². The minimum atomic E-state index is -1.20. The molecule has 19 heavy (non-hydrogen) atoms. The summed E-state index contributed by atoms with van der Waals surface area (Å²) in [6, 6.07) is 0.951. The van der Waals surface area contributed by atoms with Crippen molar-refractivity contribution in [3.63, 3.8) is 0 Å². The number of carbonyl (C=O) groups is 1. The Morgan fingerprint density at radius 3 is 2.95 bits per heavy atom. The minimum absolute atomic E-state index is 0.164. The van der Waals surface area contributed by atoms with Crippen LogP contribution in [-0.2, 0) is 4.74 Å². The van der Waals surface area contributed by atoms with E-state index in [1.165, 1.54) is 0 Å². The predicted molar refractivity (Wildman–Crippen MR) is 69.9 cm³/mol. The second-order valence-corrected chi connectivity index (χ2v) is 4.60. The molecule has 1 heterocycles. The van der Waals surface area contributed by atoms with E-state index in [4.69, 9.17) is 9.84 Å². The third kappa shape index (κ3) is 5.65. The molecule has 0 saturated heterocycles. The molecule has 1 rings (SSSR count). The van der Waals surface area contributed by atoms with E-state index in [1.807, 2.05) is 0 Å². The van der Waals surface area contributed by atoms with Gasteiger partial charge in [0.2, 0.25) is 0 Å². The molecule has 0 aliphatic carbocycles. The van der Waals surface area contributed by atoms with Gasteiger partial charge in [0, 0.05) is 19.8 Å². The van der Waals surface area contributed by atoms with E-state index < -0.39 is 11.8 Å². The lowest BCUT2D eigenvalue weighted by atomic mass is 10.2. The van der Waals surface area contributed by atoms with Crippen LogP contribution >= 0.6 is 0 Å². The molecule has 0 bridgehead atoms. The van der Waals surface area contributed by atoms with Gasteiger partial charge < -0.3 is 15.2 Å². The Morgan fingerprint density at radius 2 is 2.32 bits per heavy atom. The Morgan fingerprint density at radius 1 is 1.58 bits per heavy atom. The highest BCUT2D eigenvalue weighted by Crippen LogP contribution is 2.13. The second-order valence-electron chi connectivity index (χ2n) is 4.60. The number of nitrogens with one attached hydrogen (secondary N) is 1. The molecule has 0 aliphatic heterocycles. The van der Waals surface area contributed by atoms with Crippen LogP contribution in [0.4, 0.5) is 10.2 Å². The molecule has 2 N–H and O–H groups in total. The van der Waals surface area contributed by atoms with Crippen LogP contribution in [-0.4, -0.2) is 35.8 Å². The van der Waals surface area contributed by atoms with Crippen molar-refractivity contribution in [3.8, 4) is 0 Å². The Hall–Kier alpha value is -1.69. The van der Waals surface area contributed by atoms with Gasteiger partial charge in [0.15, 0.2) is 0 Å². The largest absolute Gasteiger partial charge is 0.478 e. The molecule has 0 spiro atoms. The van der Waals surface area contributed by atoms with Gasteiger partial charge in [-0.1, -0.05) is 13.8 Å². The number of pyridine rings is 1. The highest BCUT2D eigenvalue weighted by Gasteiger charge is 2.12. The SMILES string of the molecule is CC(C)COCCCNc1ncc(F)cc1C(=O)O. The fraction of sp³-hybridized carbons (Fsp3) is 0.538. The Labute approximate surface area is 111 Å². The fourth-order valence-corrected chi connectivity index (χ4v) is 1.44. The number of hydrogen-bond donors (Lipinski definition) is 2. The highest BCUT2D eigenvalue weighted by atomic mass is 19.1. The number of halogens is 1. The van der Waals surface area contributed by atoms with E-state index in [2.05, 4.69) is 24.1 Å². The predicted octanol–water partition coefficient (Wildman–Crippen LogP) is 2.39. The van der Waals surface area contributed by atoms with Crippen molar-refractivity contribution in [2.24, 2.45) is 5.92 Å². The number of nitrogens with zero attached hydrogens (tertiary/aromatic N) is 1. The summed E-state index contributed by atoms with van der Waals surface area (Å²) < 4.78 is 18.3. The first-order chi connectivity index (χ1) is 9.00. The van der Waals surface area contributed by atoms with Crippen LogP contribution < -0.4 is 5.32 Å². The molecule has 0 atom stereocenters. The molecule has 0 unspecified atom stereocenters. The number of ether oxygens (including phenoxy) is 1. The topological polar surface area (TPSA) is 71.5 Å². The van der Waals surface area contributed by atoms with Crippen LogP contribution in [0.1, 0.15) is 30.6 Å². The number of aromatic nitrogens is 1. The molecule has 1 aromatic rings. The smallest absolute Gasteiger partial charge is 0.339 e. The number of hydrogen-bond acceptors (Lipinski definition) is 4. The molecule has 0 amide bonds. The number of rotatable bonds is 8. The molecular weight excluding hydrogens is 251 g/mol. The van der Waals surface area contributed by atoms with Crippen molar-refractivity contribution in [2.75, 3.05) is 25.1 Å². The Kier molecular flexibility index (Phi) is 6.21. The van der Waals surface area contributed by atoms with Gasteiger partial charge in [-0.05, 0) is 18.4 Å². The third-order valence-corrected chi connectivity index (χ3v) is 2.29. The van der Waals surface area contributed by atoms with E-state index in [0.29, 0.717) is 25.7 Å². The quantitative estimate of drug-likeness (QED) is 0.710. The second kappa shape index (κ2) is 7.68. The van der Waals surface area contributed by atoms with E-state index in [1.54, 1.807) is 0 Å². The van der Waals surface area contributed by atoms with Crippen molar-refractivity contribution in [1.82, 2.24) is 4.98 Å². The van der Waals surface area contributed by atoms with Crippen molar-refractivity contribution in [2.45, 2.75) is 20.3 Å². The summed E-state index contributed by atoms with van der Waals surface area (Å²) in [4.78, 5) is 14.7. The lowest BCUT2D eigenvalue weighted by molar-refractivity contribution is 0.0697. The fourth-order valence-electron chi connectivity index (χ4n) is 1.44. The maximum atomic E-state index is 12.9. The molecular formula is C13H19FN2O3. The first-order valence-electron chi connectivity index (χ1n) is 6.21. The van der Waals surface area contributed by atoms with Crippen LogP contribution in [0.15, 0.2) is 12.3 Å². The molecule has 0 radical (unpaired) electrons. The maximum absolute atomic E-state index is 12.9. The molecule has 0 fully saturated rings. The van der Waals surface area contributed by atoms with Gasteiger partial charge in [-0.3, -0.25) is 0 Å². The van der Waals surface area contributed by atoms with Crippen molar-refractivity contribution < 1.29 is 19.0 Å². The van der Waals surface area contributed by atoms with Crippen molar-refractivity contribution in [1.29, 1.82) is 0 Å². The summed E-state index contributed by atoms with van der Waals surface area (Å²) in [5, 5.41) is 11.8. The zero-order valence-electron chi connectivity index (χ0n) is 11.1. The lowest BCUT2D eigenvalue weighted by Gasteiger charge is -2.09. The van der Waals surface area contributed by atoms with Gasteiger partial charge in [0.1, 0.15) is 17.2 Å². The number of carboxylic acid groups (broad SMARTS) is 1. The summed E-state index contributed by atoms with van der Waals surface area (Å²) in [6.07, 6.45) is 1.72. The summed E-state index contributed by atoms with van der Waals surface area (Å²) in [7, 11) is 0. The van der Waals surface area contributed by atoms with E-state index >= 15 is 0 Å². The molecule has 0 aliphatic rings. The summed E-state index contributed by atoms with van der Waals surface area (Å²) in [5.74, 6) is -1.20.